The van der Waals surface area contributed by atoms with E-state index in [2.05, 4.69) is 79.0 Å². The van der Waals surface area contributed by atoms with Crippen LogP contribution in [0.4, 0.5) is 0 Å². The van der Waals surface area contributed by atoms with Gasteiger partial charge in [0.1, 0.15) is 0 Å². The Balaban J connectivity index is 2.26. The molecule has 2 heterocycles. The fourth-order valence-electron chi connectivity index (χ4n) is 3.44. The van der Waals surface area contributed by atoms with Gasteiger partial charge in [-0.05, 0) is 38.0 Å². The lowest BCUT2D eigenvalue weighted by Crippen LogP contribution is -1.99. The first-order valence-corrected chi connectivity index (χ1v) is 7.32. The van der Waals surface area contributed by atoms with Crippen molar-refractivity contribution >= 4 is 21.8 Å². The summed E-state index contributed by atoms with van der Waals surface area (Å²) in [5.41, 5.74) is 7.66. The number of nitrogens with one attached hydrogen (secondary N) is 1. The highest BCUT2D eigenvalue weighted by Crippen LogP contribution is 2.35. The van der Waals surface area contributed by atoms with Crippen LogP contribution in [-0.4, -0.2) is 9.55 Å². The topological polar surface area (TPSA) is 20.7 Å². The SMILES string of the molecule is Cc1cccc(C)c1-n1c2ccccc2c2c(C)[nH]cc21. The minimum Gasteiger partial charge on any atom is -0.363 e. The predicted molar refractivity (Wildman–Crippen MR) is 89.3 cm³/mol. The molecule has 0 amide bonds. The molecule has 0 bridgehead atoms. The van der Waals surface area contributed by atoms with Crippen molar-refractivity contribution in [2.24, 2.45) is 0 Å². The number of benzene rings is 2. The summed E-state index contributed by atoms with van der Waals surface area (Å²) in [6.07, 6.45) is 2.12. The van der Waals surface area contributed by atoms with E-state index in [9.17, 15) is 0 Å². The van der Waals surface area contributed by atoms with E-state index in [4.69, 9.17) is 0 Å². The second-order valence-corrected chi connectivity index (χ2v) is 5.77. The highest BCUT2D eigenvalue weighted by molar-refractivity contribution is 6.10. The zero-order valence-electron chi connectivity index (χ0n) is 12.6. The van der Waals surface area contributed by atoms with Crippen molar-refractivity contribution in [1.82, 2.24) is 9.55 Å². The Labute approximate surface area is 124 Å². The van der Waals surface area contributed by atoms with Gasteiger partial charge in [0, 0.05) is 22.7 Å². The first-order valence-electron chi connectivity index (χ1n) is 7.32. The van der Waals surface area contributed by atoms with Gasteiger partial charge in [0.05, 0.1) is 16.7 Å². The van der Waals surface area contributed by atoms with Crippen LogP contribution < -0.4 is 0 Å². The van der Waals surface area contributed by atoms with E-state index in [1.807, 2.05) is 0 Å². The Morgan fingerprint density at radius 1 is 0.810 bits per heavy atom. The lowest BCUT2D eigenvalue weighted by Gasteiger charge is -2.13. The zero-order valence-corrected chi connectivity index (χ0v) is 12.6. The van der Waals surface area contributed by atoms with Gasteiger partial charge < -0.3 is 9.55 Å². The van der Waals surface area contributed by atoms with E-state index >= 15 is 0 Å². The molecule has 0 aliphatic rings. The molecule has 104 valence electrons. The number of fused-ring (bicyclic) bond motifs is 3. The molecule has 1 N–H and O–H groups in total. The number of rotatable bonds is 1. The zero-order chi connectivity index (χ0) is 14.6. The summed E-state index contributed by atoms with van der Waals surface area (Å²) in [5, 5.41) is 2.64. The lowest BCUT2D eigenvalue weighted by molar-refractivity contribution is 1.12. The van der Waals surface area contributed by atoms with E-state index in [-0.39, 0.29) is 0 Å². The number of hydrogen-bond donors (Lipinski definition) is 1. The molecule has 0 unspecified atom stereocenters. The van der Waals surface area contributed by atoms with Gasteiger partial charge in [0.15, 0.2) is 0 Å². The molecular formula is C19H18N2. The van der Waals surface area contributed by atoms with Crippen molar-refractivity contribution < 1.29 is 0 Å². The number of nitrogens with zero attached hydrogens (tertiary/aromatic N) is 1. The quantitative estimate of drug-likeness (QED) is 0.502. The largest absolute Gasteiger partial charge is 0.363 e. The van der Waals surface area contributed by atoms with Crippen molar-refractivity contribution in [3.8, 4) is 5.69 Å². The first kappa shape index (κ1) is 12.3. The van der Waals surface area contributed by atoms with Crippen molar-refractivity contribution in [3.05, 3.63) is 65.5 Å². The summed E-state index contributed by atoms with van der Waals surface area (Å²) in [4.78, 5) is 3.38. The fourth-order valence-corrected chi connectivity index (χ4v) is 3.44. The van der Waals surface area contributed by atoms with Crippen LogP contribution in [-0.2, 0) is 0 Å². The summed E-state index contributed by atoms with van der Waals surface area (Å²) < 4.78 is 2.39. The van der Waals surface area contributed by atoms with Crippen molar-refractivity contribution in [3.63, 3.8) is 0 Å². The minimum atomic E-state index is 1.23. The van der Waals surface area contributed by atoms with Crippen molar-refractivity contribution in [2.75, 3.05) is 0 Å². The Bertz CT molecular complexity index is 950. The van der Waals surface area contributed by atoms with E-state index in [0.717, 1.165) is 0 Å². The Hall–Kier alpha value is -2.48. The highest BCUT2D eigenvalue weighted by Gasteiger charge is 2.16. The van der Waals surface area contributed by atoms with Crippen LogP contribution in [0.25, 0.3) is 27.5 Å². The lowest BCUT2D eigenvalue weighted by atomic mass is 10.1. The molecule has 0 aliphatic heterocycles. The standard InChI is InChI=1S/C19H18N2/c1-12-7-6-8-13(2)19(12)21-16-10-5-4-9-15(16)18-14(3)20-11-17(18)21/h4-11,20H,1-3H3. The number of aromatic amines is 1. The monoisotopic (exact) mass is 274 g/mol. The van der Waals surface area contributed by atoms with Crippen molar-refractivity contribution in [1.29, 1.82) is 0 Å². The molecule has 0 saturated carbocycles. The average molecular weight is 274 g/mol. The van der Waals surface area contributed by atoms with Crippen LogP contribution in [0.15, 0.2) is 48.7 Å². The minimum absolute atomic E-state index is 1.23. The van der Waals surface area contributed by atoms with Gasteiger partial charge in [-0.3, -0.25) is 0 Å². The Kier molecular flexibility index (Phi) is 2.49. The molecule has 4 aromatic rings. The van der Waals surface area contributed by atoms with Crippen LogP contribution >= 0.6 is 0 Å². The first-order chi connectivity index (χ1) is 10.2. The van der Waals surface area contributed by atoms with Crippen LogP contribution in [0.1, 0.15) is 16.8 Å². The van der Waals surface area contributed by atoms with Crippen LogP contribution in [0, 0.1) is 20.8 Å². The number of hydrogen-bond acceptors (Lipinski definition) is 0. The number of aryl methyl sites for hydroxylation is 3. The third kappa shape index (κ3) is 1.59. The average Bonchev–Trinajstić information content (AvgIpc) is 2.99. The molecule has 2 aromatic carbocycles. The highest BCUT2D eigenvalue weighted by atomic mass is 15.0. The van der Waals surface area contributed by atoms with Crippen LogP contribution in [0.3, 0.4) is 0 Å². The molecule has 4 rings (SSSR count). The summed E-state index contributed by atoms with van der Waals surface area (Å²) in [6, 6.07) is 15.1. The van der Waals surface area contributed by atoms with Gasteiger partial charge in [-0.2, -0.15) is 0 Å². The summed E-state index contributed by atoms with van der Waals surface area (Å²) >= 11 is 0. The molecule has 2 aromatic heterocycles. The van der Waals surface area contributed by atoms with Crippen LogP contribution in [0.5, 0.6) is 0 Å². The number of H-pyrrole nitrogens is 1. The third-order valence-corrected chi connectivity index (χ3v) is 4.37. The molecule has 0 saturated heterocycles. The smallest absolute Gasteiger partial charge is 0.0718 e. The van der Waals surface area contributed by atoms with Gasteiger partial charge in [-0.15, -0.1) is 0 Å². The number of para-hydroxylation sites is 2. The second-order valence-electron chi connectivity index (χ2n) is 5.77. The normalized spacial score (nSPS) is 11.6. The fraction of sp³-hybridized carbons (Fsp3) is 0.158. The molecule has 2 heteroatoms. The van der Waals surface area contributed by atoms with Gasteiger partial charge in [0.2, 0.25) is 0 Å². The van der Waals surface area contributed by atoms with Gasteiger partial charge >= 0.3 is 0 Å². The number of aromatic nitrogens is 2. The predicted octanol–water partition coefficient (Wildman–Crippen LogP) is 5.04. The molecule has 0 aliphatic carbocycles. The molecule has 0 atom stereocenters. The molecular weight excluding hydrogens is 256 g/mol. The maximum atomic E-state index is 3.38. The Morgan fingerprint density at radius 3 is 2.29 bits per heavy atom. The second kappa shape index (κ2) is 4.26. The maximum absolute atomic E-state index is 3.38. The molecule has 21 heavy (non-hydrogen) atoms. The Morgan fingerprint density at radius 2 is 1.52 bits per heavy atom. The summed E-state index contributed by atoms with van der Waals surface area (Å²) in [7, 11) is 0. The van der Waals surface area contributed by atoms with E-state index in [0.29, 0.717) is 0 Å². The van der Waals surface area contributed by atoms with Gasteiger partial charge in [-0.1, -0.05) is 36.4 Å². The third-order valence-electron chi connectivity index (χ3n) is 4.37. The maximum Gasteiger partial charge on any atom is 0.0718 e. The summed E-state index contributed by atoms with van der Waals surface area (Å²) in [6.45, 7) is 6.51. The van der Waals surface area contributed by atoms with Gasteiger partial charge in [0.25, 0.3) is 0 Å². The van der Waals surface area contributed by atoms with Crippen LogP contribution in [0.2, 0.25) is 0 Å². The van der Waals surface area contributed by atoms with E-state index < -0.39 is 0 Å². The molecule has 0 fully saturated rings. The molecule has 2 nitrogen and oxygen atoms in total. The molecule has 0 spiro atoms. The summed E-state index contributed by atoms with van der Waals surface area (Å²) in [5.74, 6) is 0. The van der Waals surface area contributed by atoms with E-state index in [1.54, 1.807) is 0 Å². The molecule has 0 radical (unpaired) electrons. The van der Waals surface area contributed by atoms with Gasteiger partial charge in [-0.25, -0.2) is 0 Å². The van der Waals surface area contributed by atoms with Crippen molar-refractivity contribution in [2.45, 2.75) is 20.8 Å². The van der Waals surface area contributed by atoms with E-state index in [1.165, 1.54) is 44.3 Å².